The smallest absolute Gasteiger partial charge is 0.231 e. The molecule has 2 aliphatic rings. The number of fused-ring (bicyclic) bond motifs is 1. The molecule has 2 aromatic carbocycles. The van der Waals surface area contributed by atoms with E-state index in [9.17, 15) is 4.39 Å². The van der Waals surface area contributed by atoms with Crippen LogP contribution in [0.4, 0.5) is 4.39 Å². The Hall–Kier alpha value is -3.31. The van der Waals surface area contributed by atoms with Gasteiger partial charge in [0.2, 0.25) is 6.79 Å². The number of hydrogen-bond acceptors (Lipinski definition) is 5. The molecule has 2 aliphatic heterocycles. The fraction of sp³-hybridized carbons (Fsp3) is 0.364. The topological polar surface area (TPSA) is 73.1 Å². The number of ether oxygens (including phenoxy) is 2. The number of benzene rings is 2. The molecule has 2 aromatic rings. The maximum Gasteiger partial charge on any atom is 0.231 e. The van der Waals surface area contributed by atoms with E-state index in [4.69, 9.17) is 14.7 Å². The van der Waals surface area contributed by atoms with E-state index in [0.717, 1.165) is 50.2 Å². The molecule has 8 heteroatoms. The van der Waals surface area contributed by atoms with Gasteiger partial charge in [-0.1, -0.05) is 12.1 Å². The molecule has 2 heterocycles. The summed E-state index contributed by atoms with van der Waals surface area (Å²) < 4.78 is 24.9. The van der Waals surface area contributed by atoms with Gasteiger partial charge < -0.3 is 19.7 Å². The number of halogens is 1. The van der Waals surface area contributed by atoms with Gasteiger partial charge in [-0.2, -0.15) is 5.26 Å². The second-order valence-electron chi connectivity index (χ2n) is 7.27. The zero-order valence-corrected chi connectivity index (χ0v) is 16.9. The van der Waals surface area contributed by atoms with Crippen LogP contribution >= 0.6 is 0 Å². The van der Waals surface area contributed by atoms with Gasteiger partial charge in [0.1, 0.15) is 5.82 Å². The van der Waals surface area contributed by atoms with E-state index in [0.29, 0.717) is 17.7 Å². The average molecular weight is 409 g/mol. The summed E-state index contributed by atoms with van der Waals surface area (Å²) in [7, 11) is 1.73. The number of rotatable bonds is 4. The summed E-state index contributed by atoms with van der Waals surface area (Å²) in [5.74, 6) is 1.98. The van der Waals surface area contributed by atoms with Crippen molar-refractivity contribution in [2.45, 2.75) is 13.1 Å². The van der Waals surface area contributed by atoms with E-state index >= 15 is 0 Å². The standard InChI is InChI=1S/C22H24FN5O2/c1-25-22(26-13-18-4-2-16(12-24)10-19(18)23)28-8-6-27(7-9-28)14-17-3-5-20-21(11-17)30-15-29-20/h2-5,10-11H,6-9,13-15H2,1H3,(H,25,26). The largest absolute Gasteiger partial charge is 0.454 e. The van der Waals surface area contributed by atoms with Gasteiger partial charge in [0, 0.05) is 51.9 Å². The Morgan fingerprint density at radius 1 is 1.13 bits per heavy atom. The molecule has 0 unspecified atom stereocenters. The second kappa shape index (κ2) is 9.01. The molecule has 1 saturated heterocycles. The number of nitriles is 1. The van der Waals surface area contributed by atoms with E-state index in [1.807, 2.05) is 18.2 Å². The molecule has 4 rings (SSSR count). The van der Waals surface area contributed by atoms with Crippen molar-refractivity contribution in [1.29, 1.82) is 5.26 Å². The summed E-state index contributed by atoms with van der Waals surface area (Å²) in [5.41, 5.74) is 2.03. The summed E-state index contributed by atoms with van der Waals surface area (Å²) in [6.45, 7) is 4.94. The van der Waals surface area contributed by atoms with Crippen LogP contribution in [0.2, 0.25) is 0 Å². The molecule has 7 nitrogen and oxygen atoms in total. The summed E-state index contributed by atoms with van der Waals surface area (Å²) >= 11 is 0. The Morgan fingerprint density at radius 3 is 2.67 bits per heavy atom. The minimum Gasteiger partial charge on any atom is -0.454 e. The highest BCUT2D eigenvalue weighted by molar-refractivity contribution is 5.80. The Morgan fingerprint density at radius 2 is 1.93 bits per heavy atom. The van der Waals surface area contributed by atoms with Crippen molar-refractivity contribution in [2.75, 3.05) is 40.0 Å². The summed E-state index contributed by atoms with van der Waals surface area (Å²) in [6.07, 6.45) is 0. The van der Waals surface area contributed by atoms with Crippen molar-refractivity contribution in [1.82, 2.24) is 15.1 Å². The van der Waals surface area contributed by atoms with Crippen LogP contribution in [0, 0.1) is 17.1 Å². The highest BCUT2D eigenvalue weighted by Crippen LogP contribution is 2.32. The average Bonchev–Trinajstić information content (AvgIpc) is 3.24. The monoisotopic (exact) mass is 409 g/mol. The number of guanidine groups is 1. The highest BCUT2D eigenvalue weighted by atomic mass is 19.1. The third-order valence-corrected chi connectivity index (χ3v) is 5.35. The molecule has 1 N–H and O–H groups in total. The van der Waals surface area contributed by atoms with Gasteiger partial charge >= 0.3 is 0 Å². The molecule has 0 amide bonds. The summed E-state index contributed by atoms with van der Waals surface area (Å²) in [5, 5.41) is 12.1. The zero-order valence-electron chi connectivity index (χ0n) is 16.9. The Bertz CT molecular complexity index is 980. The first-order chi connectivity index (χ1) is 14.7. The lowest BCUT2D eigenvalue weighted by atomic mass is 10.1. The van der Waals surface area contributed by atoms with E-state index in [-0.39, 0.29) is 12.6 Å². The van der Waals surface area contributed by atoms with Gasteiger partial charge in [-0.05, 0) is 29.8 Å². The van der Waals surface area contributed by atoms with Crippen LogP contribution in [0.25, 0.3) is 0 Å². The maximum absolute atomic E-state index is 14.1. The van der Waals surface area contributed by atoms with Gasteiger partial charge in [-0.15, -0.1) is 0 Å². The van der Waals surface area contributed by atoms with Crippen LogP contribution in [0.5, 0.6) is 11.5 Å². The van der Waals surface area contributed by atoms with Crippen molar-refractivity contribution in [3.63, 3.8) is 0 Å². The molecule has 0 atom stereocenters. The molecule has 0 saturated carbocycles. The van der Waals surface area contributed by atoms with Crippen LogP contribution in [-0.4, -0.2) is 55.8 Å². The van der Waals surface area contributed by atoms with Crippen LogP contribution < -0.4 is 14.8 Å². The highest BCUT2D eigenvalue weighted by Gasteiger charge is 2.21. The fourth-order valence-electron chi connectivity index (χ4n) is 3.68. The predicted molar refractivity (Wildman–Crippen MR) is 111 cm³/mol. The van der Waals surface area contributed by atoms with Gasteiger partial charge in [0.05, 0.1) is 11.6 Å². The second-order valence-corrected chi connectivity index (χ2v) is 7.27. The molecule has 0 bridgehead atoms. The fourth-order valence-corrected chi connectivity index (χ4v) is 3.68. The minimum atomic E-state index is -0.384. The molecular weight excluding hydrogens is 385 g/mol. The Balaban J connectivity index is 1.29. The molecular formula is C22H24FN5O2. The number of nitrogens with one attached hydrogen (secondary N) is 1. The molecule has 0 aromatic heterocycles. The van der Waals surface area contributed by atoms with Gasteiger partial charge in [-0.25, -0.2) is 4.39 Å². The molecule has 1 fully saturated rings. The zero-order chi connectivity index (χ0) is 20.9. The van der Waals surface area contributed by atoms with Crippen molar-refractivity contribution in [3.05, 3.63) is 58.9 Å². The predicted octanol–water partition coefficient (Wildman–Crippen LogP) is 2.32. The molecule has 0 aliphatic carbocycles. The first-order valence-electron chi connectivity index (χ1n) is 9.91. The van der Waals surface area contributed by atoms with Crippen molar-refractivity contribution in [3.8, 4) is 17.6 Å². The van der Waals surface area contributed by atoms with Gasteiger partial charge in [0.25, 0.3) is 0 Å². The first-order valence-corrected chi connectivity index (χ1v) is 9.91. The van der Waals surface area contributed by atoms with Crippen molar-refractivity contribution in [2.24, 2.45) is 4.99 Å². The maximum atomic E-state index is 14.1. The first kappa shape index (κ1) is 20.0. The molecule has 30 heavy (non-hydrogen) atoms. The van der Waals surface area contributed by atoms with E-state index < -0.39 is 0 Å². The van der Waals surface area contributed by atoms with Crippen LogP contribution in [0.3, 0.4) is 0 Å². The number of piperazine rings is 1. The number of hydrogen-bond donors (Lipinski definition) is 1. The van der Waals surface area contributed by atoms with Crippen molar-refractivity contribution >= 4 is 5.96 Å². The van der Waals surface area contributed by atoms with Crippen LogP contribution in [0.1, 0.15) is 16.7 Å². The Labute approximate surface area is 175 Å². The van der Waals surface area contributed by atoms with Gasteiger partial charge in [0.15, 0.2) is 17.5 Å². The third-order valence-electron chi connectivity index (χ3n) is 5.35. The SMILES string of the molecule is CN=C(NCc1ccc(C#N)cc1F)N1CCN(Cc2ccc3c(c2)OCO3)CC1. The van der Waals surface area contributed by atoms with Crippen LogP contribution in [-0.2, 0) is 13.1 Å². The number of nitrogens with zero attached hydrogens (tertiary/aromatic N) is 4. The van der Waals surface area contributed by atoms with Crippen molar-refractivity contribution < 1.29 is 13.9 Å². The molecule has 0 spiro atoms. The number of aliphatic imine (C=N–C) groups is 1. The lowest BCUT2D eigenvalue weighted by molar-refractivity contribution is 0.171. The summed E-state index contributed by atoms with van der Waals surface area (Å²) in [6, 6.07) is 12.5. The van der Waals surface area contributed by atoms with Gasteiger partial charge in [-0.3, -0.25) is 9.89 Å². The normalized spacial score (nSPS) is 16.4. The quantitative estimate of drug-likeness (QED) is 0.617. The third kappa shape index (κ3) is 4.47. The van der Waals surface area contributed by atoms with E-state index in [2.05, 4.69) is 26.2 Å². The minimum absolute atomic E-state index is 0.288. The lowest BCUT2D eigenvalue weighted by Crippen LogP contribution is -2.52. The molecule has 0 radical (unpaired) electrons. The van der Waals surface area contributed by atoms with E-state index in [1.165, 1.54) is 11.6 Å². The van der Waals surface area contributed by atoms with E-state index in [1.54, 1.807) is 19.2 Å². The lowest BCUT2D eigenvalue weighted by Gasteiger charge is -2.36. The van der Waals surface area contributed by atoms with Crippen LogP contribution in [0.15, 0.2) is 41.4 Å². The Kier molecular flexibility index (Phi) is 6.00. The molecule has 156 valence electrons. The summed E-state index contributed by atoms with van der Waals surface area (Å²) in [4.78, 5) is 8.92.